The van der Waals surface area contributed by atoms with E-state index in [9.17, 15) is 19.2 Å². The predicted molar refractivity (Wildman–Crippen MR) is 126 cm³/mol. The van der Waals surface area contributed by atoms with Crippen molar-refractivity contribution in [3.05, 3.63) is 75.7 Å². The molecule has 0 saturated carbocycles. The number of nitrogens with one attached hydrogen (secondary N) is 4. The van der Waals surface area contributed by atoms with Gasteiger partial charge in [0.15, 0.2) is 11.5 Å². The first-order valence-corrected chi connectivity index (χ1v) is 10.7. The zero-order valence-corrected chi connectivity index (χ0v) is 19.4. The van der Waals surface area contributed by atoms with Crippen LogP contribution < -0.4 is 21.6 Å². The smallest absolute Gasteiger partial charge is 0.267 e. The molecule has 0 unspecified atom stereocenters. The van der Waals surface area contributed by atoms with E-state index < -0.39 is 11.7 Å². The SMILES string of the molecule is O=C(/C=C/c1ccc(C(=O)NCCNc2nonc2C(=Nc2ccc(F)c(Br)c2)NO)cc1)NO. The van der Waals surface area contributed by atoms with Gasteiger partial charge in [-0.25, -0.2) is 19.5 Å². The molecule has 0 aliphatic heterocycles. The van der Waals surface area contributed by atoms with E-state index in [0.717, 1.165) is 6.08 Å². The third-order valence-corrected chi connectivity index (χ3v) is 4.98. The minimum Gasteiger partial charge on any atom is -0.363 e. The maximum atomic E-state index is 13.4. The van der Waals surface area contributed by atoms with Gasteiger partial charge in [0.05, 0.1) is 10.2 Å². The number of benzene rings is 2. The number of halogens is 2. The quantitative estimate of drug-likeness (QED) is 0.0586. The highest BCUT2D eigenvalue weighted by Crippen LogP contribution is 2.23. The summed E-state index contributed by atoms with van der Waals surface area (Å²) in [4.78, 5) is 27.5. The van der Waals surface area contributed by atoms with Crippen LogP contribution in [0.2, 0.25) is 0 Å². The fourth-order valence-corrected chi connectivity index (χ4v) is 3.05. The summed E-state index contributed by atoms with van der Waals surface area (Å²) in [6.45, 7) is 0.457. The molecule has 0 radical (unpaired) electrons. The maximum Gasteiger partial charge on any atom is 0.267 e. The van der Waals surface area contributed by atoms with Crippen molar-refractivity contribution in [2.45, 2.75) is 0 Å². The van der Waals surface area contributed by atoms with E-state index in [1.54, 1.807) is 24.3 Å². The molecule has 3 rings (SSSR count). The second-order valence-electron chi connectivity index (χ2n) is 6.75. The van der Waals surface area contributed by atoms with Gasteiger partial charge in [0.1, 0.15) is 5.82 Å². The molecule has 6 N–H and O–H groups in total. The van der Waals surface area contributed by atoms with Crippen LogP contribution in [0.5, 0.6) is 0 Å². The number of hydrogen-bond donors (Lipinski definition) is 6. The highest BCUT2D eigenvalue weighted by molar-refractivity contribution is 9.10. The lowest BCUT2D eigenvalue weighted by Gasteiger charge is -2.08. The predicted octanol–water partition coefficient (Wildman–Crippen LogP) is 2.39. The number of amides is 2. The van der Waals surface area contributed by atoms with Gasteiger partial charge in [0.2, 0.25) is 5.82 Å². The molecular weight excluding hydrogens is 529 g/mol. The number of carbonyl (C=O) groups is 2. The molecule has 182 valence electrons. The molecule has 35 heavy (non-hydrogen) atoms. The standard InChI is InChI=1S/C21H19BrFN7O5/c22-15-11-14(6-7-16(15)23)26-20(28-34)18-19(30-35-29-18)24-9-10-25-21(32)13-4-1-12(2-5-13)3-8-17(31)27-33/h1-8,11,33-34H,9-10H2,(H,24,30)(H,25,32)(H,26,28)(H,27,31)/b8-3+. The van der Waals surface area contributed by atoms with Gasteiger partial charge in [-0.05, 0) is 68.2 Å². The van der Waals surface area contributed by atoms with Crippen molar-refractivity contribution in [1.82, 2.24) is 26.6 Å². The maximum absolute atomic E-state index is 13.4. The fourth-order valence-electron chi connectivity index (χ4n) is 2.69. The van der Waals surface area contributed by atoms with Crippen LogP contribution in [0.1, 0.15) is 21.6 Å². The Hall–Kier alpha value is -4.14. The van der Waals surface area contributed by atoms with E-state index in [0.29, 0.717) is 16.8 Å². The van der Waals surface area contributed by atoms with E-state index in [1.807, 2.05) is 5.48 Å². The van der Waals surface area contributed by atoms with Crippen LogP contribution in [-0.2, 0) is 4.79 Å². The van der Waals surface area contributed by atoms with Gasteiger partial charge in [-0.1, -0.05) is 12.1 Å². The molecule has 0 fully saturated rings. The molecule has 12 nitrogen and oxygen atoms in total. The summed E-state index contributed by atoms with van der Waals surface area (Å²) in [5.74, 6) is -1.39. The van der Waals surface area contributed by atoms with Crippen molar-refractivity contribution in [2.75, 3.05) is 18.4 Å². The van der Waals surface area contributed by atoms with Crippen molar-refractivity contribution in [2.24, 2.45) is 4.99 Å². The third-order valence-electron chi connectivity index (χ3n) is 4.38. The van der Waals surface area contributed by atoms with Gasteiger partial charge in [-0.3, -0.25) is 25.5 Å². The van der Waals surface area contributed by atoms with Crippen molar-refractivity contribution in [1.29, 1.82) is 0 Å². The number of nitrogens with zero attached hydrogens (tertiary/aromatic N) is 3. The number of rotatable bonds is 9. The summed E-state index contributed by atoms with van der Waals surface area (Å²) in [5.41, 5.74) is 4.86. The molecule has 0 atom stereocenters. The molecule has 0 saturated heterocycles. The topological polar surface area (TPSA) is 174 Å². The lowest BCUT2D eigenvalue weighted by atomic mass is 10.1. The molecule has 2 amide bonds. The summed E-state index contributed by atoms with van der Waals surface area (Å²) in [7, 11) is 0. The Morgan fingerprint density at radius 2 is 1.86 bits per heavy atom. The average molecular weight is 548 g/mol. The van der Waals surface area contributed by atoms with Crippen LogP contribution in [0.25, 0.3) is 6.08 Å². The fraction of sp³-hybridized carbons (Fsp3) is 0.0952. The molecule has 0 bridgehead atoms. The molecule has 2 aromatic carbocycles. The van der Waals surface area contributed by atoms with Crippen LogP contribution >= 0.6 is 15.9 Å². The molecule has 3 aromatic rings. The second-order valence-corrected chi connectivity index (χ2v) is 7.60. The first kappa shape index (κ1) is 25.5. The van der Waals surface area contributed by atoms with Crippen molar-refractivity contribution in [3.8, 4) is 0 Å². The Bertz CT molecular complexity index is 1250. The number of hydroxylamine groups is 2. The number of aliphatic imine (C=N–C) groups is 1. The summed E-state index contributed by atoms with van der Waals surface area (Å²) < 4.78 is 18.3. The van der Waals surface area contributed by atoms with Crippen LogP contribution in [0.4, 0.5) is 15.9 Å². The highest BCUT2D eigenvalue weighted by Gasteiger charge is 2.17. The van der Waals surface area contributed by atoms with Crippen molar-refractivity contribution >= 4 is 51.2 Å². The summed E-state index contributed by atoms with van der Waals surface area (Å²) in [6.07, 6.45) is 2.63. The second kappa shape index (κ2) is 12.4. The molecule has 0 spiro atoms. The Morgan fingerprint density at radius 1 is 1.09 bits per heavy atom. The zero-order chi connectivity index (χ0) is 25.2. The molecule has 0 aliphatic rings. The highest BCUT2D eigenvalue weighted by atomic mass is 79.9. The average Bonchev–Trinajstić information content (AvgIpc) is 3.34. The largest absolute Gasteiger partial charge is 0.363 e. The van der Waals surface area contributed by atoms with E-state index in [4.69, 9.17) is 9.84 Å². The Labute approximate surface area is 205 Å². The van der Waals surface area contributed by atoms with Gasteiger partial charge in [0.25, 0.3) is 11.8 Å². The summed E-state index contributed by atoms with van der Waals surface area (Å²) >= 11 is 3.06. The van der Waals surface area contributed by atoms with Gasteiger partial charge in [-0.2, -0.15) is 0 Å². The van der Waals surface area contributed by atoms with Crippen LogP contribution in [-0.4, -0.2) is 51.5 Å². The lowest BCUT2D eigenvalue weighted by molar-refractivity contribution is -0.124. The third kappa shape index (κ3) is 7.17. The van der Waals surface area contributed by atoms with E-state index in [1.165, 1.54) is 29.8 Å². The zero-order valence-electron chi connectivity index (χ0n) is 17.8. The first-order chi connectivity index (χ1) is 16.9. The minimum absolute atomic E-state index is 0.0674. The number of hydrogen-bond acceptors (Lipinski definition) is 9. The normalized spacial score (nSPS) is 11.4. The Balaban J connectivity index is 1.55. The van der Waals surface area contributed by atoms with Crippen LogP contribution in [0.3, 0.4) is 0 Å². The van der Waals surface area contributed by atoms with Crippen molar-refractivity contribution in [3.63, 3.8) is 0 Å². The Morgan fingerprint density at radius 3 is 2.54 bits per heavy atom. The summed E-state index contributed by atoms with van der Waals surface area (Å²) in [6, 6.07) is 10.5. The van der Waals surface area contributed by atoms with Crippen molar-refractivity contribution < 1.29 is 29.0 Å². The van der Waals surface area contributed by atoms with Crippen LogP contribution in [0.15, 0.2) is 62.6 Å². The van der Waals surface area contributed by atoms with E-state index in [-0.39, 0.29) is 40.8 Å². The molecule has 1 aromatic heterocycles. The Kier molecular flexibility index (Phi) is 9.00. The van der Waals surface area contributed by atoms with Gasteiger partial charge >= 0.3 is 0 Å². The molecule has 0 aliphatic carbocycles. The number of anilines is 1. The first-order valence-electron chi connectivity index (χ1n) is 9.92. The molecular formula is C21H19BrFN7O5. The molecule has 14 heteroatoms. The minimum atomic E-state index is -0.665. The number of amidine groups is 1. The van der Waals surface area contributed by atoms with E-state index in [2.05, 4.69) is 41.9 Å². The monoisotopic (exact) mass is 547 g/mol. The number of carbonyl (C=O) groups excluding carboxylic acids is 2. The van der Waals surface area contributed by atoms with Gasteiger partial charge in [0, 0.05) is 24.7 Å². The van der Waals surface area contributed by atoms with Gasteiger partial charge in [-0.15, -0.1) is 0 Å². The van der Waals surface area contributed by atoms with E-state index >= 15 is 0 Å². The molecule has 1 heterocycles. The van der Waals surface area contributed by atoms with Crippen LogP contribution in [0, 0.1) is 5.82 Å². The van der Waals surface area contributed by atoms with Gasteiger partial charge < -0.3 is 10.6 Å². The number of aromatic nitrogens is 2. The summed E-state index contributed by atoms with van der Waals surface area (Å²) in [5, 5.41) is 31.0. The lowest BCUT2D eigenvalue weighted by Crippen LogP contribution is -2.29.